The van der Waals surface area contributed by atoms with E-state index in [4.69, 9.17) is 0 Å². The van der Waals surface area contributed by atoms with Crippen LogP contribution in [0.15, 0.2) is 18.3 Å². The molecule has 0 aliphatic carbocycles. The second-order valence-electron chi connectivity index (χ2n) is 6.98. The number of rotatable bonds is 8. The van der Waals surface area contributed by atoms with E-state index in [-0.39, 0.29) is 0 Å². The Morgan fingerprint density at radius 3 is 2.38 bits per heavy atom. The van der Waals surface area contributed by atoms with E-state index in [2.05, 4.69) is 68.9 Å². The molecule has 132 valence electrons. The fraction of sp³-hybridized carbons (Fsp3) is 0.571. The molecule has 0 saturated heterocycles. The van der Waals surface area contributed by atoms with Crippen molar-refractivity contribution in [3.05, 3.63) is 35.0 Å². The Kier molecular flexibility index (Phi) is 6.61. The Balaban J connectivity index is 2.11. The van der Waals surface area contributed by atoms with Gasteiger partial charge in [-0.05, 0) is 89.0 Å². The number of nitrogens with zero attached hydrogens (tertiary/aromatic N) is 2. The largest absolute Gasteiger partial charge is 0.382 e. The molecule has 0 unspecified atom stereocenters. The Bertz CT molecular complexity index is 674. The molecule has 3 nitrogen and oxygen atoms in total. The third-order valence-corrected chi connectivity index (χ3v) is 5.07. The molecule has 0 fully saturated rings. The molecule has 24 heavy (non-hydrogen) atoms. The summed E-state index contributed by atoms with van der Waals surface area (Å²) in [5.74, 6) is 0. The van der Waals surface area contributed by atoms with Gasteiger partial charge < -0.3 is 10.2 Å². The van der Waals surface area contributed by atoms with Gasteiger partial charge in [-0.2, -0.15) is 0 Å². The highest BCUT2D eigenvalue weighted by Crippen LogP contribution is 2.28. The second-order valence-corrected chi connectivity index (χ2v) is 6.98. The van der Waals surface area contributed by atoms with Gasteiger partial charge in [0.25, 0.3) is 0 Å². The van der Waals surface area contributed by atoms with Crippen molar-refractivity contribution in [3.8, 4) is 0 Å². The minimum atomic E-state index is 0.464. The summed E-state index contributed by atoms with van der Waals surface area (Å²) < 4.78 is 0. The lowest BCUT2D eigenvalue weighted by Crippen LogP contribution is -2.25. The van der Waals surface area contributed by atoms with Crippen molar-refractivity contribution in [1.29, 1.82) is 0 Å². The normalized spacial score (nSPS) is 12.8. The van der Waals surface area contributed by atoms with Crippen LogP contribution in [0.25, 0.3) is 10.9 Å². The molecule has 0 bridgehead atoms. The van der Waals surface area contributed by atoms with E-state index in [1.54, 1.807) is 0 Å². The van der Waals surface area contributed by atoms with Gasteiger partial charge in [-0.1, -0.05) is 13.8 Å². The van der Waals surface area contributed by atoms with E-state index in [1.165, 1.54) is 47.2 Å². The van der Waals surface area contributed by atoms with Gasteiger partial charge >= 0.3 is 0 Å². The first-order chi connectivity index (χ1) is 11.5. The van der Waals surface area contributed by atoms with Crippen molar-refractivity contribution in [3.63, 3.8) is 0 Å². The van der Waals surface area contributed by atoms with Crippen LogP contribution in [0, 0.1) is 20.8 Å². The van der Waals surface area contributed by atoms with Crippen LogP contribution in [0.1, 0.15) is 50.3 Å². The average molecular weight is 328 g/mol. The zero-order valence-electron chi connectivity index (χ0n) is 16.2. The third kappa shape index (κ3) is 4.47. The molecule has 3 heteroatoms. The minimum absolute atomic E-state index is 0.464. The van der Waals surface area contributed by atoms with Crippen molar-refractivity contribution in [1.82, 2.24) is 9.88 Å². The monoisotopic (exact) mass is 327 g/mol. The predicted octanol–water partition coefficient (Wildman–Crippen LogP) is 5.08. The van der Waals surface area contributed by atoms with Gasteiger partial charge in [-0.15, -0.1) is 0 Å². The molecule has 0 spiro atoms. The van der Waals surface area contributed by atoms with E-state index in [0.29, 0.717) is 6.04 Å². The molecule has 1 atom stereocenters. The van der Waals surface area contributed by atoms with E-state index < -0.39 is 0 Å². The van der Waals surface area contributed by atoms with Crippen LogP contribution in [-0.4, -0.2) is 35.6 Å². The van der Waals surface area contributed by atoms with Crippen LogP contribution < -0.4 is 5.32 Å². The number of aromatic nitrogens is 1. The summed E-state index contributed by atoms with van der Waals surface area (Å²) in [4.78, 5) is 7.10. The standard InChI is InChI=1S/C21H33N3/c1-7-24(8-2)11-9-10-18(6)23-21-17(5)14-22-20-13-16(4)15(3)12-19(20)21/h12-14,18H,7-11H2,1-6H3,(H,22,23)/t18-/m0/s1. The molecule has 0 saturated carbocycles. The molecule has 2 rings (SSSR count). The Morgan fingerprint density at radius 2 is 1.71 bits per heavy atom. The molecule has 2 aromatic rings. The SMILES string of the molecule is CCN(CC)CCC[C@H](C)Nc1c(C)cnc2cc(C)c(C)cc12. The topological polar surface area (TPSA) is 28.2 Å². The van der Waals surface area contributed by atoms with Gasteiger partial charge in [0, 0.05) is 23.3 Å². The van der Waals surface area contributed by atoms with Crippen LogP contribution in [0.2, 0.25) is 0 Å². The van der Waals surface area contributed by atoms with E-state index in [1.807, 2.05) is 6.20 Å². The van der Waals surface area contributed by atoms with Crippen LogP contribution in [0.3, 0.4) is 0 Å². The van der Waals surface area contributed by atoms with E-state index in [9.17, 15) is 0 Å². The lowest BCUT2D eigenvalue weighted by Gasteiger charge is -2.22. The maximum atomic E-state index is 4.61. The highest BCUT2D eigenvalue weighted by molar-refractivity contribution is 5.93. The predicted molar refractivity (Wildman–Crippen MR) is 106 cm³/mol. The van der Waals surface area contributed by atoms with Crippen LogP contribution in [0.5, 0.6) is 0 Å². The fourth-order valence-electron chi connectivity index (χ4n) is 3.22. The molecule has 1 heterocycles. The number of nitrogens with one attached hydrogen (secondary N) is 1. The van der Waals surface area contributed by atoms with Crippen molar-refractivity contribution < 1.29 is 0 Å². The number of anilines is 1. The first kappa shape index (κ1) is 18.7. The van der Waals surface area contributed by atoms with Gasteiger partial charge in [0.15, 0.2) is 0 Å². The molecule has 0 amide bonds. The summed E-state index contributed by atoms with van der Waals surface area (Å²) in [6.07, 6.45) is 4.41. The van der Waals surface area contributed by atoms with Crippen molar-refractivity contribution in [2.45, 2.75) is 60.4 Å². The number of hydrogen-bond acceptors (Lipinski definition) is 3. The van der Waals surface area contributed by atoms with Crippen LogP contribution in [-0.2, 0) is 0 Å². The summed E-state index contributed by atoms with van der Waals surface area (Å²) in [6, 6.07) is 4.93. The van der Waals surface area contributed by atoms with Gasteiger partial charge in [-0.3, -0.25) is 4.98 Å². The zero-order chi connectivity index (χ0) is 17.7. The van der Waals surface area contributed by atoms with E-state index in [0.717, 1.165) is 18.6 Å². The second kappa shape index (κ2) is 8.48. The number of fused-ring (bicyclic) bond motifs is 1. The number of hydrogen-bond donors (Lipinski definition) is 1. The van der Waals surface area contributed by atoms with Crippen molar-refractivity contribution in [2.24, 2.45) is 0 Å². The Morgan fingerprint density at radius 1 is 1.04 bits per heavy atom. The van der Waals surface area contributed by atoms with Gasteiger partial charge in [0.1, 0.15) is 0 Å². The average Bonchev–Trinajstić information content (AvgIpc) is 2.56. The lowest BCUT2D eigenvalue weighted by atomic mass is 10.0. The molecule has 1 aromatic carbocycles. The summed E-state index contributed by atoms with van der Waals surface area (Å²) in [5.41, 5.74) is 6.19. The van der Waals surface area contributed by atoms with Crippen LogP contribution in [0.4, 0.5) is 5.69 Å². The first-order valence-corrected chi connectivity index (χ1v) is 9.31. The molecular weight excluding hydrogens is 294 g/mol. The highest BCUT2D eigenvalue weighted by atomic mass is 15.1. The molecule has 1 aromatic heterocycles. The Hall–Kier alpha value is -1.61. The van der Waals surface area contributed by atoms with Gasteiger partial charge in [-0.25, -0.2) is 0 Å². The molecule has 1 N–H and O–H groups in total. The lowest BCUT2D eigenvalue weighted by molar-refractivity contribution is 0.295. The quantitative estimate of drug-likeness (QED) is 0.732. The summed E-state index contributed by atoms with van der Waals surface area (Å²) in [7, 11) is 0. The van der Waals surface area contributed by atoms with Gasteiger partial charge in [0.2, 0.25) is 0 Å². The maximum Gasteiger partial charge on any atom is 0.0725 e. The smallest absolute Gasteiger partial charge is 0.0725 e. The number of benzene rings is 1. The summed E-state index contributed by atoms with van der Waals surface area (Å²) >= 11 is 0. The molecule has 0 aliphatic heterocycles. The van der Waals surface area contributed by atoms with Crippen molar-refractivity contribution in [2.75, 3.05) is 25.0 Å². The minimum Gasteiger partial charge on any atom is -0.382 e. The summed E-state index contributed by atoms with van der Waals surface area (Å²) in [6.45, 7) is 16.7. The van der Waals surface area contributed by atoms with Crippen LogP contribution >= 0.6 is 0 Å². The van der Waals surface area contributed by atoms with E-state index >= 15 is 0 Å². The number of aryl methyl sites for hydroxylation is 3. The summed E-state index contributed by atoms with van der Waals surface area (Å²) in [5, 5.41) is 5.00. The maximum absolute atomic E-state index is 4.61. The van der Waals surface area contributed by atoms with Crippen molar-refractivity contribution >= 4 is 16.6 Å². The highest BCUT2D eigenvalue weighted by Gasteiger charge is 2.11. The Labute approximate surface area is 147 Å². The molecule has 0 radical (unpaired) electrons. The van der Waals surface area contributed by atoms with Gasteiger partial charge in [0.05, 0.1) is 5.52 Å². The zero-order valence-corrected chi connectivity index (χ0v) is 16.2. The molecular formula is C21H33N3. The fourth-order valence-corrected chi connectivity index (χ4v) is 3.22. The third-order valence-electron chi connectivity index (χ3n) is 5.07. The molecule has 0 aliphatic rings. The number of pyridine rings is 1. The first-order valence-electron chi connectivity index (χ1n) is 9.31.